The van der Waals surface area contributed by atoms with Gasteiger partial charge >= 0.3 is 0 Å². The van der Waals surface area contributed by atoms with Gasteiger partial charge in [0.25, 0.3) is 5.97 Å². The van der Waals surface area contributed by atoms with Crippen molar-refractivity contribution in [1.82, 2.24) is 5.32 Å². The molecule has 0 aromatic rings. The molecule has 0 rings (SSSR count). The van der Waals surface area contributed by atoms with Crippen molar-refractivity contribution in [3.63, 3.8) is 0 Å². The Morgan fingerprint density at radius 3 is 1.53 bits per heavy atom. The van der Waals surface area contributed by atoms with E-state index >= 15 is 0 Å². The van der Waals surface area contributed by atoms with Gasteiger partial charge in [0.1, 0.15) is 0 Å². The second kappa shape index (κ2) is 17.7. The molecular weight excluding hydrogens is 222 g/mol. The monoisotopic (exact) mass is 249 g/mol. The van der Waals surface area contributed by atoms with E-state index in [-0.39, 0.29) is 0 Å². The molecule has 17 heavy (non-hydrogen) atoms. The number of carboxylic acid groups (broad SMARTS) is 1. The molecule has 0 unspecified atom stereocenters. The van der Waals surface area contributed by atoms with Crippen molar-refractivity contribution in [1.29, 1.82) is 0 Å². The van der Waals surface area contributed by atoms with Gasteiger partial charge in [0.15, 0.2) is 0 Å². The molecular formula is C12H27NO4. The Labute approximate surface area is 104 Å². The van der Waals surface area contributed by atoms with Gasteiger partial charge in [0.2, 0.25) is 0 Å². The van der Waals surface area contributed by atoms with Gasteiger partial charge in [-0.1, -0.05) is 0 Å². The molecule has 0 aliphatic carbocycles. The highest BCUT2D eigenvalue weighted by molar-refractivity contribution is 5.62. The summed E-state index contributed by atoms with van der Waals surface area (Å²) in [7, 11) is 0. The zero-order valence-corrected chi connectivity index (χ0v) is 10.8. The van der Waals surface area contributed by atoms with E-state index in [1.165, 1.54) is 0 Å². The lowest BCUT2D eigenvalue weighted by Gasteiger charge is -2.03. The summed E-state index contributed by atoms with van der Waals surface area (Å²) in [5, 5.41) is 27.8. The van der Waals surface area contributed by atoms with Crippen LogP contribution in [0.1, 0.15) is 45.4 Å². The maximum atomic E-state index is 9.00. The van der Waals surface area contributed by atoms with Gasteiger partial charge in [-0.25, -0.2) is 0 Å². The molecule has 0 fully saturated rings. The van der Waals surface area contributed by atoms with Crippen molar-refractivity contribution in [2.45, 2.75) is 45.4 Å². The minimum Gasteiger partial charge on any atom is -0.481 e. The average Bonchev–Trinajstić information content (AvgIpc) is 2.26. The number of carbonyl (C=O) groups is 1. The molecule has 0 atom stereocenters. The number of hydrogen-bond acceptors (Lipinski definition) is 4. The van der Waals surface area contributed by atoms with Gasteiger partial charge in [-0.15, -0.1) is 0 Å². The first-order chi connectivity index (χ1) is 8.15. The molecule has 0 saturated heterocycles. The van der Waals surface area contributed by atoms with Crippen LogP contribution in [0.4, 0.5) is 0 Å². The molecule has 0 radical (unpaired) electrons. The van der Waals surface area contributed by atoms with Crippen molar-refractivity contribution < 1.29 is 20.1 Å². The molecule has 0 aliphatic rings. The molecule has 4 N–H and O–H groups in total. The number of aliphatic carboxylic acids is 1. The normalized spacial score (nSPS) is 9.59. The minimum absolute atomic E-state index is 0.316. The fraction of sp³-hybridized carbons (Fsp3) is 0.917. The van der Waals surface area contributed by atoms with E-state index in [0.29, 0.717) is 13.2 Å². The van der Waals surface area contributed by atoms with Crippen LogP contribution in [0.5, 0.6) is 0 Å². The highest BCUT2D eigenvalue weighted by atomic mass is 16.4. The first kappa shape index (κ1) is 18.7. The molecule has 0 aromatic carbocycles. The third kappa shape index (κ3) is 31.3. The van der Waals surface area contributed by atoms with Crippen molar-refractivity contribution in [2.75, 3.05) is 26.3 Å². The Morgan fingerprint density at radius 1 is 0.882 bits per heavy atom. The van der Waals surface area contributed by atoms with E-state index in [2.05, 4.69) is 5.32 Å². The zero-order chi connectivity index (χ0) is 13.4. The van der Waals surface area contributed by atoms with Crippen molar-refractivity contribution in [3.8, 4) is 0 Å². The van der Waals surface area contributed by atoms with Gasteiger partial charge in [-0.05, 0) is 51.6 Å². The molecule has 104 valence electrons. The fourth-order valence-corrected chi connectivity index (χ4v) is 1.20. The fourth-order valence-electron chi connectivity index (χ4n) is 1.20. The third-order valence-electron chi connectivity index (χ3n) is 2.02. The number of nitrogens with one attached hydrogen (secondary N) is 1. The summed E-state index contributed by atoms with van der Waals surface area (Å²) in [6.45, 7) is 3.82. The zero-order valence-electron chi connectivity index (χ0n) is 10.8. The number of aliphatic hydroxyl groups is 2. The van der Waals surface area contributed by atoms with Gasteiger partial charge in [0.05, 0.1) is 0 Å². The maximum Gasteiger partial charge on any atom is 0.300 e. The summed E-state index contributed by atoms with van der Waals surface area (Å²) >= 11 is 0. The number of unbranched alkanes of at least 4 members (excludes halogenated alkanes) is 4. The highest BCUT2D eigenvalue weighted by Crippen LogP contribution is 1.94. The van der Waals surface area contributed by atoms with Crippen LogP contribution in [0, 0.1) is 0 Å². The Kier molecular flexibility index (Phi) is 19.5. The lowest BCUT2D eigenvalue weighted by molar-refractivity contribution is -0.134. The molecule has 5 heteroatoms. The van der Waals surface area contributed by atoms with Crippen LogP contribution in [0.2, 0.25) is 0 Å². The molecule has 0 amide bonds. The summed E-state index contributed by atoms with van der Waals surface area (Å²) in [6, 6.07) is 0. The average molecular weight is 249 g/mol. The van der Waals surface area contributed by atoms with Crippen LogP contribution >= 0.6 is 0 Å². The minimum atomic E-state index is -0.833. The van der Waals surface area contributed by atoms with E-state index < -0.39 is 5.97 Å². The van der Waals surface area contributed by atoms with Crippen molar-refractivity contribution >= 4 is 5.97 Å². The van der Waals surface area contributed by atoms with E-state index in [0.717, 1.165) is 58.5 Å². The van der Waals surface area contributed by atoms with Crippen molar-refractivity contribution in [2.24, 2.45) is 0 Å². The van der Waals surface area contributed by atoms with Gasteiger partial charge in [-0.3, -0.25) is 4.79 Å². The van der Waals surface area contributed by atoms with Crippen molar-refractivity contribution in [3.05, 3.63) is 0 Å². The lowest BCUT2D eigenvalue weighted by Crippen LogP contribution is -2.16. The van der Waals surface area contributed by atoms with E-state index in [4.69, 9.17) is 20.1 Å². The van der Waals surface area contributed by atoms with Gasteiger partial charge in [0, 0.05) is 20.1 Å². The first-order valence-electron chi connectivity index (χ1n) is 6.27. The number of aliphatic hydroxyl groups excluding tert-OH is 2. The van der Waals surface area contributed by atoms with Gasteiger partial charge in [-0.2, -0.15) is 0 Å². The smallest absolute Gasteiger partial charge is 0.300 e. The summed E-state index contributed by atoms with van der Waals surface area (Å²) in [6.07, 6.45) is 6.37. The summed E-state index contributed by atoms with van der Waals surface area (Å²) in [5.41, 5.74) is 0. The summed E-state index contributed by atoms with van der Waals surface area (Å²) < 4.78 is 0. The highest BCUT2D eigenvalue weighted by Gasteiger charge is 1.89. The molecule has 0 heterocycles. The quantitative estimate of drug-likeness (QED) is 0.434. The van der Waals surface area contributed by atoms with Crippen LogP contribution < -0.4 is 5.32 Å². The van der Waals surface area contributed by atoms with E-state index in [1.54, 1.807) is 0 Å². The summed E-state index contributed by atoms with van der Waals surface area (Å²) in [4.78, 5) is 9.00. The molecule has 0 saturated carbocycles. The Morgan fingerprint density at radius 2 is 1.24 bits per heavy atom. The lowest BCUT2D eigenvalue weighted by atomic mass is 10.2. The standard InChI is InChI=1S/C10H23NO2.C2H4O2/c12-9-5-1-3-7-11-8-4-2-6-10-13;1-2(3)4/h11-13H,1-10H2;1H3,(H,3,4). The second-order valence-electron chi connectivity index (χ2n) is 3.84. The molecule has 0 aliphatic heterocycles. The van der Waals surface area contributed by atoms with E-state index in [9.17, 15) is 0 Å². The predicted octanol–water partition coefficient (Wildman–Crippen LogP) is 0.992. The predicted molar refractivity (Wildman–Crippen MR) is 68.1 cm³/mol. The van der Waals surface area contributed by atoms with Crippen LogP contribution in [0.25, 0.3) is 0 Å². The molecule has 5 nitrogen and oxygen atoms in total. The third-order valence-corrected chi connectivity index (χ3v) is 2.02. The van der Waals surface area contributed by atoms with Crippen LogP contribution in [-0.4, -0.2) is 47.6 Å². The van der Waals surface area contributed by atoms with Crippen LogP contribution in [0.3, 0.4) is 0 Å². The maximum absolute atomic E-state index is 9.00. The SMILES string of the molecule is CC(=O)O.OCCCCCNCCCCCO. The molecule has 0 bridgehead atoms. The van der Waals surface area contributed by atoms with Crippen LogP contribution in [-0.2, 0) is 4.79 Å². The topological polar surface area (TPSA) is 89.8 Å². The van der Waals surface area contributed by atoms with Gasteiger partial charge < -0.3 is 20.6 Å². The van der Waals surface area contributed by atoms with Crippen LogP contribution in [0.15, 0.2) is 0 Å². The summed E-state index contributed by atoms with van der Waals surface area (Å²) in [5.74, 6) is -0.833. The first-order valence-corrected chi connectivity index (χ1v) is 6.27. The largest absolute Gasteiger partial charge is 0.481 e. The number of hydrogen-bond donors (Lipinski definition) is 4. The van der Waals surface area contributed by atoms with E-state index in [1.807, 2.05) is 0 Å². The Bertz CT molecular complexity index is 139. The molecule has 0 spiro atoms. The number of rotatable bonds is 10. The Hall–Kier alpha value is -0.650. The molecule has 0 aromatic heterocycles. The number of carboxylic acids is 1. The Balaban J connectivity index is 0. The second-order valence-corrected chi connectivity index (χ2v) is 3.84.